The van der Waals surface area contributed by atoms with Crippen LogP contribution in [0.2, 0.25) is 0 Å². The number of nitrogens with zero attached hydrogens (tertiary/aromatic N) is 2. The van der Waals surface area contributed by atoms with Crippen LogP contribution in [0.3, 0.4) is 0 Å². The summed E-state index contributed by atoms with van der Waals surface area (Å²) in [5.41, 5.74) is 1.95. The van der Waals surface area contributed by atoms with Crippen LogP contribution in [-0.2, 0) is 22.4 Å². The summed E-state index contributed by atoms with van der Waals surface area (Å²) in [5.74, 6) is -1.55. The molecule has 30 heavy (non-hydrogen) atoms. The Morgan fingerprint density at radius 1 is 0.967 bits per heavy atom. The highest BCUT2D eigenvalue weighted by molar-refractivity contribution is 7.15. The van der Waals surface area contributed by atoms with E-state index in [2.05, 4.69) is 10.3 Å². The summed E-state index contributed by atoms with van der Waals surface area (Å²) in [4.78, 5) is 44.2. The number of fused-ring (bicyclic) bond motifs is 2. The van der Waals surface area contributed by atoms with Gasteiger partial charge in [0.05, 0.1) is 16.9 Å². The number of rotatable bonds is 3. The maximum atomic E-state index is 12.6. The lowest BCUT2D eigenvalue weighted by molar-refractivity contribution is -0.118. The van der Waals surface area contributed by atoms with Gasteiger partial charge in [-0.25, -0.2) is 4.98 Å². The Hall–Kier alpha value is -2.54. The highest BCUT2D eigenvalue weighted by Crippen LogP contribution is 2.30. The van der Waals surface area contributed by atoms with Crippen molar-refractivity contribution in [1.29, 1.82) is 0 Å². The van der Waals surface area contributed by atoms with Gasteiger partial charge in [-0.15, -0.1) is 11.3 Å². The number of ketones is 1. The van der Waals surface area contributed by atoms with E-state index in [0.717, 1.165) is 31.4 Å². The molecule has 2 aliphatic rings. The van der Waals surface area contributed by atoms with E-state index in [1.807, 2.05) is 0 Å². The molecule has 1 N–H and O–H groups in total. The van der Waals surface area contributed by atoms with Gasteiger partial charge < -0.3 is 5.32 Å². The predicted molar refractivity (Wildman–Crippen MR) is 118 cm³/mol. The molecule has 1 aliphatic carbocycles. The summed E-state index contributed by atoms with van der Waals surface area (Å²) in [6, 6.07) is 6.78. The van der Waals surface area contributed by atoms with Crippen molar-refractivity contribution in [3.05, 3.63) is 40.4 Å². The van der Waals surface area contributed by atoms with Crippen LogP contribution in [0.15, 0.2) is 24.3 Å². The molecule has 1 aromatic heterocycles. The zero-order valence-corrected chi connectivity index (χ0v) is 17.9. The van der Waals surface area contributed by atoms with Gasteiger partial charge in [0, 0.05) is 4.88 Å². The zero-order valence-electron chi connectivity index (χ0n) is 17.1. The number of benzene rings is 1. The Kier molecular flexibility index (Phi) is 6.57. The molecule has 1 aliphatic heterocycles. The third kappa shape index (κ3) is 4.61. The van der Waals surface area contributed by atoms with Gasteiger partial charge in [0.15, 0.2) is 5.13 Å². The van der Waals surface area contributed by atoms with Crippen LogP contribution >= 0.6 is 11.3 Å². The lowest BCUT2D eigenvalue weighted by Gasteiger charge is -2.15. The molecule has 0 radical (unpaired) electrons. The zero-order chi connectivity index (χ0) is 20.9. The number of aryl methyl sites for hydroxylation is 2. The molecule has 158 valence electrons. The lowest BCUT2D eigenvalue weighted by Crippen LogP contribution is -2.37. The van der Waals surface area contributed by atoms with Gasteiger partial charge in [0.2, 0.25) is 5.91 Å². The number of thiazole rings is 1. The second-order valence-electron chi connectivity index (χ2n) is 8.00. The Morgan fingerprint density at radius 2 is 1.63 bits per heavy atom. The first-order valence-corrected chi connectivity index (χ1v) is 11.7. The van der Waals surface area contributed by atoms with Gasteiger partial charge >= 0.3 is 0 Å². The minimum Gasteiger partial charge on any atom is -0.300 e. The van der Waals surface area contributed by atoms with E-state index in [9.17, 15) is 14.4 Å². The number of carbonyl (C=O) groups is 3. The molecule has 0 atom stereocenters. The molecule has 0 saturated heterocycles. The van der Waals surface area contributed by atoms with Crippen molar-refractivity contribution in [3.63, 3.8) is 0 Å². The van der Waals surface area contributed by atoms with E-state index in [-0.39, 0.29) is 12.5 Å². The van der Waals surface area contributed by atoms with E-state index in [1.54, 1.807) is 35.6 Å². The van der Waals surface area contributed by atoms with Crippen molar-refractivity contribution in [2.45, 2.75) is 64.2 Å². The summed E-state index contributed by atoms with van der Waals surface area (Å²) in [6.07, 6.45) is 11.9. The quantitative estimate of drug-likeness (QED) is 0.733. The molecule has 0 spiro atoms. The number of anilines is 2. The molecular formula is C23H27N3O3S. The molecular weight excluding hydrogens is 398 g/mol. The fourth-order valence-electron chi connectivity index (χ4n) is 4.17. The van der Waals surface area contributed by atoms with Gasteiger partial charge in [0.1, 0.15) is 6.54 Å². The Balaban J connectivity index is 1.43. The predicted octanol–water partition coefficient (Wildman–Crippen LogP) is 4.53. The minimum absolute atomic E-state index is 0.189. The summed E-state index contributed by atoms with van der Waals surface area (Å²) < 4.78 is 0. The van der Waals surface area contributed by atoms with Crippen LogP contribution in [0.1, 0.15) is 72.3 Å². The molecule has 2 amide bonds. The molecule has 6 nitrogen and oxygen atoms in total. The largest absolute Gasteiger partial charge is 0.300 e. The number of hydrogen-bond acceptors (Lipinski definition) is 5. The highest BCUT2D eigenvalue weighted by Gasteiger charge is 2.36. The van der Waals surface area contributed by atoms with Crippen molar-refractivity contribution in [3.8, 4) is 0 Å². The maximum Gasteiger partial charge on any atom is 0.299 e. The third-order valence-electron chi connectivity index (χ3n) is 5.77. The highest BCUT2D eigenvalue weighted by atomic mass is 32.1. The Morgan fingerprint density at radius 3 is 2.40 bits per heavy atom. The smallest absolute Gasteiger partial charge is 0.299 e. The number of amides is 2. The summed E-state index contributed by atoms with van der Waals surface area (Å²) >= 11 is 1.55. The average Bonchev–Trinajstić information content (AvgIpc) is 3.22. The van der Waals surface area contributed by atoms with Crippen molar-refractivity contribution >= 4 is 39.8 Å². The number of carbonyl (C=O) groups excluding carboxylic acids is 3. The number of nitrogens with one attached hydrogen (secondary N) is 1. The Labute approximate surface area is 180 Å². The lowest BCUT2D eigenvalue weighted by atomic mass is 10.0. The van der Waals surface area contributed by atoms with Crippen molar-refractivity contribution in [1.82, 2.24) is 4.98 Å². The number of Topliss-reactive ketones (excluding diaryl/α,β-unsaturated/α-hetero) is 1. The maximum absolute atomic E-state index is 12.6. The van der Waals surface area contributed by atoms with Crippen LogP contribution in [0.4, 0.5) is 10.8 Å². The van der Waals surface area contributed by atoms with Crippen LogP contribution in [0.5, 0.6) is 0 Å². The first kappa shape index (κ1) is 20.7. The normalized spacial score (nSPS) is 17.7. The molecule has 1 aromatic carbocycles. The minimum atomic E-state index is -0.655. The fraction of sp³-hybridized carbons (Fsp3) is 0.478. The SMILES string of the molecule is O=C(CN1C(=O)C(=O)c2ccccc21)Nc1nc2c(s1)CCCCCCCCCC2. The number of para-hydroxylation sites is 1. The van der Waals surface area contributed by atoms with E-state index < -0.39 is 11.7 Å². The van der Waals surface area contributed by atoms with Crippen LogP contribution < -0.4 is 10.2 Å². The summed E-state index contributed by atoms with van der Waals surface area (Å²) in [7, 11) is 0. The van der Waals surface area contributed by atoms with Crippen LogP contribution in [-0.4, -0.2) is 29.1 Å². The second kappa shape index (κ2) is 9.51. The van der Waals surface area contributed by atoms with E-state index in [4.69, 9.17) is 0 Å². The first-order valence-electron chi connectivity index (χ1n) is 10.9. The summed E-state index contributed by atoms with van der Waals surface area (Å²) in [6.45, 7) is -0.189. The molecule has 2 aromatic rings. The molecule has 0 unspecified atom stereocenters. The third-order valence-corrected chi connectivity index (χ3v) is 6.85. The van der Waals surface area contributed by atoms with Crippen LogP contribution in [0.25, 0.3) is 0 Å². The van der Waals surface area contributed by atoms with Gasteiger partial charge in [-0.2, -0.15) is 0 Å². The average molecular weight is 426 g/mol. The molecule has 0 bridgehead atoms. The summed E-state index contributed by atoms with van der Waals surface area (Å²) in [5, 5.41) is 3.44. The fourth-order valence-corrected chi connectivity index (χ4v) is 5.24. The topological polar surface area (TPSA) is 79.4 Å². The molecule has 4 rings (SSSR count). The van der Waals surface area contributed by atoms with Crippen molar-refractivity contribution in [2.24, 2.45) is 0 Å². The van der Waals surface area contributed by atoms with Crippen LogP contribution in [0, 0.1) is 0 Å². The standard InChI is InChI=1S/C23H27N3O3S/c27-20(15-26-18-13-10-9-11-16(18)21(28)22(26)29)25-23-24-17-12-7-5-3-1-2-4-6-8-14-19(17)30-23/h9-11,13H,1-8,12,14-15H2,(H,24,25,27). The monoisotopic (exact) mass is 425 g/mol. The number of hydrogen-bond donors (Lipinski definition) is 1. The van der Waals surface area contributed by atoms with E-state index in [0.29, 0.717) is 16.4 Å². The first-order chi connectivity index (χ1) is 14.6. The van der Waals surface area contributed by atoms with Gasteiger partial charge in [0.25, 0.3) is 11.7 Å². The molecule has 0 fully saturated rings. The molecule has 2 heterocycles. The van der Waals surface area contributed by atoms with E-state index in [1.165, 1.54) is 48.3 Å². The van der Waals surface area contributed by atoms with Crippen molar-refractivity contribution < 1.29 is 14.4 Å². The Bertz CT molecular complexity index is 923. The van der Waals surface area contributed by atoms with Gasteiger partial charge in [-0.05, 0) is 37.8 Å². The number of aromatic nitrogens is 1. The second-order valence-corrected chi connectivity index (χ2v) is 9.09. The van der Waals surface area contributed by atoms with Gasteiger partial charge in [-0.1, -0.05) is 50.7 Å². The molecule has 0 saturated carbocycles. The van der Waals surface area contributed by atoms with Gasteiger partial charge in [-0.3, -0.25) is 19.3 Å². The molecule has 7 heteroatoms. The van der Waals surface area contributed by atoms with Crippen molar-refractivity contribution in [2.75, 3.05) is 16.8 Å². The van der Waals surface area contributed by atoms with E-state index >= 15 is 0 Å².